The fourth-order valence-corrected chi connectivity index (χ4v) is 3.50. The molecule has 2 aliphatic heterocycles. The van der Waals surface area contributed by atoms with E-state index in [0.29, 0.717) is 25.4 Å². The van der Waals surface area contributed by atoms with E-state index >= 15 is 0 Å². The number of carbonyl (C=O) groups excluding carboxylic acids is 1. The second-order valence-electron chi connectivity index (χ2n) is 6.39. The van der Waals surface area contributed by atoms with Crippen LogP contribution >= 0.6 is 0 Å². The largest absolute Gasteiger partial charge is 0.486 e. The Bertz CT molecular complexity index is 681. The highest BCUT2D eigenvalue weighted by Crippen LogP contribution is 2.37. The average molecular weight is 328 g/mol. The summed E-state index contributed by atoms with van der Waals surface area (Å²) in [4.78, 5) is 18.3. The van der Waals surface area contributed by atoms with Gasteiger partial charge in [-0.05, 0) is 31.0 Å². The van der Waals surface area contributed by atoms with Crippen LogP contribution in [0, 0.1) is 0 Å². The first kappa shape index (κ1) is 15.1. The first-order chi connectivity index (χ1) is 11.7. The van der Waals surface area contributed by atoms with Crippen LogP contribution in [0.15, 0.2) is 36.8 Å². The van der Waals surface area contributed by atoms with Crippen LogP contribution in [0.2, 0.25) is 0 Å². The molecular formula is C17H20N4O3. The number of piperidine rings is 1. The van der Waals surface area contributed by atoms with Crippen LogP contribution < -0.4 is 4.74 Å². The number of nitrogens with zero attached hydrogens (tertiary/aromatic N) is 3. The van der Waals surface area contributed by atoms with E-state index in [0.717, 1.165) is 25.0 Å². The highest BCUT2D eigenvalue weighted by molar-refractivity contribution is 5.92. The van der Waals surface area contributed by atoms with Gasteiger partial charge in [-0.15, -0.1) is 0 Å². The normalized spacial score (nSPS) is 22.7. The van der Waals surface area contributed by atoms with Gasteiger partial charge in [0, 0.05) is 31.9 Å². The Hall–Kier alpha value is -2.41. The van der Waals surface area contributed by atoms with Gasteiger partial charge in [0.05, 0.1) is 18.4 Å². The number of aromatic nitrogens is 3. The maximum atomic E-state index is 12.4. The minimum atomic E-state index is -0.169. The lowest BCUT2D eigenvalue weighted by molar-refractivity contribution is -0.0396. The standard InChI is InChI=1S/C17H20N4O3/c22-16(15-3-7-19-20-15)21-8-4-17(5-9-21)10-14(12-23-17)24-13-2-1-6-18-11-13/h1-3,6-7,11,14H,4-5,8-10,12H2,(H,19,20)/t14-/m1/s1. The number of likely N-dealkylation sites (tertiary alicyclic amines) is 1. The monoisotopic (exact) mass is 328 g/mol. The average Bonchev–Trinajstić information content (AvgIpc) is 3.27. The number of nitrogens with one attached hydrogen (secondary N) is 1. The fraction of sp³-hybridized carbons (Fsp3) is 0.471. The van der Waals surface area contributed by atoms with Crippen molar-refractivity contribution in [2.24, 2.45) is 0 Å². The summed E-state index contributed by atoms with van der Waals surface area (Å²) in [6.45, 7) is 1.97. The van der Waals surface area contributed by atoms with Gasteiger partial charge in [-0.25, -0.2) is 0 Å². The van der Waals surface area contributed by atoms with Crippen molar-refractivity contribution >= 4 is 5.91 Å². The third-order valence-corrected chi connectivity index (χ3v) is 4.81. The van der Waals surface area contributed by atoms with E-state index < -0.39 is 0 Å². The molecule has 0 aromatic carbocycles. The van der Waals surface area contributed by atoms with Crippen molar-refractivity contribution in [2.75, 3.05) is 19.7 Å². The summed E-state index contributed by atoms with van der Waals surface area (Å²) >= 11 is 0. The molecule has 7 nitrogen and oxygen atoms in total. The van der Waals surface area contributed by atoms with E-state index in [-0.39, 0.29) is 17.6 Å². The topological polar surface area (TPSA) is 80.3 Å². The van der Waals surface area contributed by atoms with Crippen LogP contribution in [-0.2, 0) is 4.74 Å². The smallest absolute Gasteiger partial charge is 0.271 e. The Morgan fingerprint density at radius 3 is 2.92 bits per heavy atom. The van der Waals surface area contributed by atoms with Gasteiger partial charge in [0.2, 0.25) is 0 Å². The molecule has 0 aliphatic carbocycles. The zero-order chi connectivity index (χ0) is 16.4. The van der Waals surface area contributed by atoms with Crippen LogP contribution in [0.3, 0.4) is 0 Å². The van der Waals surface area contributed by atoms with Gasteiger partial charge < -0.3 is 14.4 Å². The molecular weight excluding hydrogens is 308 g/mol. The van der Waals surface area contributed by atoms with E-state index in [1.54, 1.807) is 24.7 Å². The van der Waals surface area contributed by atoms with Gasteiger partial charge in [0.25, 0.3) is 5.91 Å². The summed E-state index contributed by atoms with van der Waals surface area (Å²) < 4.78 is 12.0. The third kappa shape index (κ3) is 2.99. The molecule has 1 atom stereocenters. The molecule has 126 valence electrons. The number of amides is 1. The predicted octanol–water partition coefficient (Wildman–Crippen LogP) is 1.65. The molecule has 2 aliphatic rings. The molecule has 0 saturated carbocycles. The van der Waals surface area contributed by atoms with Crippen molar-refractivity contribution in [3.05, 3.63) is 42.5 Å². The number of hydrogen-bond donors (Lipinski definition) is 1. The highest BCUT2D eigenvalue weighted by atomic mass is 16.6. The Morgan fingerprint density at radius 2 is 2.21 bits per heavy atom. The summed E-state index contributed by atoms with van der Waals surface area (Å²) in [5.41, 5.74) is 0.369. The molecule has 4 heterocycles. The Balaban J connectivity index is 1.33. The van der Waals surface area contributed by atoms with Crippen molar-refractivity contribution in [1.29, 1.82) is 0 Å². The quantitative estimate of drug-likeness (QED) is 0.926. The zero-order valence-corrected chi connectivity index (χ0v) is 13.4. The van der Waals surface area contributed by atoms with Gasteiger partial charge >= 0.3 is 0 Å². The van der Waals surface area contributed by atoms with Crippen LogP contribution in [0.1, 0.15) is 29.8 Å². The zero-order valence-electron chi connectivity index (χ0n) is 13.4. The number of rotatable bonds is 3. The summed E-state index contributed by atoms with van der Waals surface area (Å²) in [5.74, 6) is 0.776. The molecule has 1 N–H and O–H groups in total. The molecule has 24 heavy (non-hydrogen) atoms. The maximum Gasteiger partial charge on any atom is 0.271 e. The fourth-order valence-electron chi connectivity index (χ4n) is 3.50. The molecule has 2 fully saturated rings. The molecule has 2 saturated heterocycles. The van der Waals surface area contributed by atoms with Crippen molar-refractivity contribution in [2.45, 2.75) is 31.0 Å². The minimum absolute atomic E-state index is 0.00325. The lowest BCUT2D eigenvalue weighted by Crippen LogP contribution is -2.46. The number of H-pyrrole nitrogens is 1. The SMILES string of the molecule is O=C(c1ccn[nH]1)N1CCC2(CC1)C[C@@H](Oc1cccnc1)CO2. The van der Waals surface area contributed by atoms with Crippen molar-refractivity contribution in [3.63, 3.8) is 0 Å². The van der Waals surface area contributed by atoms with E-state index in [1.165, 1.54) is 0 Å². The third-order valence-electron chi connectivity index (χ3n) is 4.81. The molecule has 0 radical (unpaired) electrons. The second-order valence-corrected chi connectivity index (χ2v) is 6.39. The Labute approximate surface area is 140 Å². The van der Waals surface area contributed by atoms with E-state index in [9.17, 15) is 4.79 Å². The molecule has 2 aromatic rings. The maximum absolute atomic E-state index is 12.4. The first-order valence-corrected chi connectivity index (χ1v) is 8.23. The van der Waals surface area contributed by atoms with Gasteiger partial charge in [0.1, 0.15) is 17.5 Å². The number of aromatic amines is 1. The molecule has 0 bridgehead atoms. The van der Waals surface area contributed by atoms with Gasteiger partial charge in [-0.2, -0.15) is 5.10 Å². The van der Waals surface area contributed by atoms with Crippen LogP contribution in [0.5, 0.6) is 5.75 Å². The highest BCUT2D eigenvalue weighted by Gasteiger charge is 2.44. The predicted molar refractivity (Wildman–Crippen MR) is 85.7 cm³/mol. The van der Waals surface area contributed by atoms with Gasteiger partial charge in [0.15, 0.2) is 0 Å². The first-order valence-electron chi connectivity index (χ1n) is 8.23. The number of ether oxygens (including phenoxy) is 2. The van der Waals surface area contributed by atoms with Gasteiger partial charge in [-0.3, -0.25) is 14.9 Å². The number of carbonyl (C=O) groups is 1. The summed E-state index contributed by atoms with van der Waals surface area (Å²) in [6, 6.07) is 5.47. The van der Waals surface area contributed by atoms with Crippen LogP contribution in [-0.4, -0.2) is 57.4 Å². The van der Waals surface area contributed by atoms with E-state index in [2.05, 4.69) is 15.2 Å². The molecule has 1 amide bonds. The molecule has 0 unspecified atom stereocenters. The van der Waals surface area contributed by atoms with Crippen molar-refractivity contribution in [3.8, 4) is 5.75 Å². The number of hydrogen-bond acceptors (Lipinski definition) is 5. The minimum Gasteiger partial charge on any atom is -0.486 e. The lowest BCUT2D eigenvalue weighted by Gasteiger charge is -2.38. The molecule has 1 spiro atoms. The summed E-state index contributed by atoms with van der Waals surface area (Å²) in [5, 5.41) is 6.57. The van der Waals surface area contributed by atoms with Crippen molar-refractivity contribution in [1.82, 2.24) is 20.1 Å². The summed E-state index contributed by atoms with van der Waals surface area (Å²) in [6.07, 6.45) is 7.61. The van der Waals surface area contributed by atoms with Crippen LogP contribution in [0.25, 0.3) is 0 Å². The van der Waals surface area contributed by atoms with E-state index in [1.807, 2.05) is 17.0 Å². The molecule has 2 aromatic heterocycles. The summed E-state index contributed by atoms with van der Waals surface area (Å²) in [7, 11) is 0. The van der Waals surface area contributed by atoms with Crippen molar-refractivity contribution < 1.29 is 14.3 Å². The molecule has 4 rings (SSSR count). The Kier molecular flexibility index (Phi) is 3.93. The second kappa shape index (κ2) is 6.24. The van der Waals surface area contributed by atoms with E-state index in [4.69, 9.17) is 9.47 Å². The Morgan fingerprint density at radius 1 is 1.33 bits per heavy atom. The van der Waals surface area contributed by atoms with Crippen LogP contribution in [0.4, 0.5) is 0 Å². The van der Waals surface area contributed by atoms with Gasteiger partial charge in [-0.1, -0.05) is 0 Å². The lowest BCUT2D eigenvalue weighted by atomic mass is 9.88. The molecule has 7 heteroatoms. The number of pyridine rings is 1.